The zero-order valence-electron chi connectivity index (χ0n) is 13.7. The molecule has 2 heterocycles. The van der Waals surface area contributed by atoms with Crippen LogP contribution in [0.15, 0.2) is 0 Å². The highest BCUT2D eigenvalue weighted by atomic mass is 16.7. The van der Waals surface area contributed by atoms with Gasteiger partial charge in [0.25, 0.3) is 0 Å². The Bertz CT molecular complexity index is 410. The summed E-state index contributed by atoms with van der Waals surface area (Å²) in [6, 6.07) is -0.566. The molecule has 0 aliphatic carbocycles. The van der Waals surface area contributed by atoms with Gasteiger partial charge in [0.2, 0.25) is 5.91 Å². The monoisotopic (exact) mass is 313 g/mol. The number of hydrogen-bond donors (Lipinski definition) is 3. The number of amides is 1. The summed E-state index contributed by atoms with van der Waals surface area (Å²) in [4.78, 5) is 13.8. The summed E-state index contributed by atoms with van der Waals surface area (Å²) in [6.45, 7) is 6.29. The average Bonchev–Trinajstić information content (AvgIpc) is 2.74. The number of nitrogens with two attached hydrogens (primary N) is 2. The van der Waals surface area contributed by atoms with Crippen LogP contribution in [0, 0.1) is 5.92 Å². The van der Waals surface area contributed by atoms with Gasteiger partial charge in [0, 0.05) is 25.1 Å². The molecule has 8 heteroatoms. The van der Waals surface area contributed by atoms with E-state index in [9.17, 15) is 9.90 Å². The molecule has 2 aliphatic rings. The maximum absolute atomic E-state index is 12.1. The van der Waals surface area contributed by atoms with Gasteiger partial charge in [-0.3, -0.25) is 4.79 Å². The lowest BCUT2D eigenvalue weighted by Gasteiger charge is -2.38. The number of hydrogen-bond acceptors (Lipinski definition) is 6. The summed E-state index contributed by atoms with van der Waals surface area (Å²) in [5.41, 5.74) is 11.1. The molecule has 1 amide bonds. The molecule has 0 radical (unpaired) electrons. The number of nitrogens with zero attached hydrogens (tertiary/aromatic N) is 1. The van der Waals surface area contributed by atoms with Crippen LogP contribution in [0.3, 0.4) is 0 Å². The lowest BCUT2D eigenvalue weighted by atomic mass is 9.74. The van der Waals surface area contributed by atoms with E-state index >= 15 is 0 Å². The maximum atomic E-state index is 12.1. The topological polar surface area (TPSA) is 111 Å². The number of carbonyl (C=O) groups excluding carboxylic acids is 1. The van der Waals surface area contributed by atoms with Gasteiger partial charge in [-0.15, -0.1) is 0 Å². The Balaban J connectivity index is 2.10. The molecule has 4 unspecified atom stereocenters. The van der Waals surface area contributed by atoms with Crippen molar-refractivity contribution >= 4 is 13.0 Å². The molecule has 2 saturated heterocycles. The Labute approximate surface area is 132 Å². The minimum Gasteiger partial charge on any atom is -0.409 e. The summed E-state index contributed by atoms with van der Waals surface area (Å²) < 4.78 is 11.3. The second kappa shape index (κ2) is 6.84. The molecule has 7 nitrogen and oxygen atoms in total. The van der Waals surface area contributed by atoms with Crippen molar-refractivity contribution in [3.05, 3.63) is 0 Å². The maximum Gasteiger partial charge on any atom is 0.458 e. The van der Waals surface area contributed by atoms with Crippen LogP contribution < -0.4 is 11.5 Å². The van der Waals surface area contributed by atoms with E-state index in [1.54, 1.807) is 11.8 Å². The molecule has 22 heavy (non-hydrogen) atoms. The Morgan fingerprint density at radius 2 is 2.18 bits per heavy atom. The van der Waals surface area contributed by atoms with E-state index in [1.165, 1.54) is 0 Å². The van der Waals surface area contributed by atoms with Gasteiger partial charge in [-0.05, 0) is 33.5 Å². The van der Waals surface area contributed by atoms with Gasteiger partial charge >= 0.3 is 7.12 Å². The second-order valence-electron chi connectivity index (χ2n) is 6.85. The normalized spacial score (nSPS) is 34.3. The molecule has 0 bridgehead atoms. The van der Waals surface area contributed by atoms with Gasteiger partial charge in [0.1, 0.15) is 0 Å². The third kappa shape index (κ3) is 3.63. The third-order valence-corrected chi connectivity index (χ3v) is 4.52. The average molecular weight is 313 g/mol. The molecule has 2 fully saturated rings. The van der Waals surface area contributed by atoms with Crippen molar-refractivity contribution in [2.24, 2.45) is 17.4 Å². The number of aliphatic hydroxyl groups excluding tert-OH is 1. The Hall–Kier alpha value is -0.665. The van der Waals surface area contributed by atoms with Crippen LogP contribution in [-0.4, -0.2) is 60.1 Å². The zero-order chi connectivity index (χ0) is 16.5. The first-order valence-electron chi connectivity index (χ1n) is 8.06. The fraction of sp³-hybridized carbons (Fsp3) is 0.929. The smallest absolute Gasteiger partial charge is 0.409 e. The van der Waals surface area contributed by atoms with Crippen LogP contribution in [0.2, 0.25) is 6.32 Å². The second-order valence-corrected chi connectivity index (χ2v) is 6.85. The minimum absolute atomic E-state index is 0.00481. The molecular formula is C14H28BN3O4. The van der Waals surface area contributed by atoms with Crippen molar-refractivity contribution in [2.45, 2.75) is 63.9 Å². The minimum atomic E-state index is -1.16. The van der Waals surface area contributed by atoms with Gasteiger partial charge in [0.05, 0.1) is 11.6 Å². The van der Waals surface area contributed by atoms with E-state index < -0.39 is 25.0 Å². The largest absolute Gasteiger partial charge is 0.458 e. The van der Waals surface area contributed by atoms with E-state index in [2.05, 4.69) is 0 Å². The summed E-state index contributed by atoms with van der Waals surface area (Å²) in [7, 11) is -0.463. The standard InChI is InChI=1S/C14H28BN3O4/c1-9(2)21-15-6-4-5-11-7-18(12(19)10(3)16)8-14(11,17)13(20)22-15/h9-11,13,20H,4-8,16-17H2,1-3H3. The number of fused-ring (bicyclic) bond motifs is 1. The molecule has 0 aromatic rings. The Morgan fingerprint density at radius 3 is 2.77 bits per heavy atom. The van der Waals surface area contributed by atoms with Crippen molar-refractivity contribution in [1.29, 1.82) is 0 Å². The molecule has 0 aromatic heterocycles. The van der Waals surface area contributed by atoms with E-state index in [-0.39, 0.29) is 24.5 Å². The highest BCUT2D eigenvalue weighted by Crippen LogP contribution is 2.35. The van der Waals surface area contributed by atoms with E-state index in [1.807, 2.05) is 13.8 Å². The first kappa shape index (κ1) is 17.7. The SMILES string of the molecule is CC(C)OB1CCCC2CN(C(=O)C(C)N)CC2(N)C(O)O1. The van der Waals surface area contributed by atoms with E-state index in [0.717, 1.165) is 12.8 Å². The predicted molar refractivity (Wildman–Crippen MR) is 83.7 cm³/mol. The lowest BCUT2D eigenvalue weighted by Crippen LogP contribution is -2.60. The van der Waals surface area contributed by atoms with Crippen molar-refractivity contribution in [2.75, 3.05) is 13.1 Å². The van der Waals surface area contributed by atoms with Crippen LogP contribution in [0.25, 0.3) is 0 Å². The van der Waals surface area contributed by atoms with Crippen LogP contribution >= 0.6 is 0 Å². The van der Waals surface area contributed by atoms with Crippen molar-refractivity contribution in [1.82, 2.24) is 4.90 Å². The number of aliphatic hydroxyl groups is 1. The van der Waals surface area contributed by atoms with Gasteiger partial charge in [-0.2, -0.15) is 0 Å². The van der Waals surface area contributed by atoms with Crippen molar-refractivity contribution < 1.29 is 19.2 Å². The molecule has 0 saturated carbocycles. The summed E-state index contributed by atoms with van der Waals surface area (Å²) >= 11 is 0. The van der Waals surface area contributed by atoms with Gasteiger partial charge in [-0.1, -0.05) is 6.42 Å². The van der Waals surface area contributed by atoms with Crippen molar-refractivity contribution in [3.8, 4) is 0 Å². The van der Waals surface area contributed by atoms with E-state index in [0.29, 0.717) is 12.9 Å². The molecule has 126 valence electrons. The molecule has 5 N–H and O–H groups in total. The third-order valence-electron chi connectivity index (χ3n) is 4.52. The number of carbonyl (C=O) groups is 1. The van der Waals surface area contributed by atoms with Gasteiger partial charge in [-0.25, -0.2) is 0 Å². The highest BCUT2D eigenvalue weighted by Gasteiger charge is 2.52. The summed E-state index contributed by atoms with van der Waals surface area (Å²) in [6.07, 6.45) is 1.28. The quantitative estimate of drug-likeness (QED) is 0.608. The number of rotatable bonds is 3. The lowest BCUT2D eigenvalue weighted by molar-refractivity contribution is -0.132. The van der Waals surface area contributed by atoms with Crippen molar-refractivity contribution in [3.63, 3.8) is 0 Å². The molecule has 2 rings (SSSR count). The summed E-state index contributed by atoms with van der Waals surface area (Å²) in [5, 5.41) is 10.5. The molecule has 0 spiro atoms. The molecule has 0 aromatic carbocycles. The fourth-order valence-electron chi connectivity index (χ4n) is 3.33. The number of likely N-dealkylation sites (tertiary alicyclic amines) is 1. The highest BCUT2D eigenvalue weighted by molar-refractivity contribution is 6.44. The first-order valence-corrected chi connectivity index (χ1v) is 8.06. The Kier molecular flexibility index (Phi) is 5.50. The Morgan fingerprint density at radius 1 is 1.50 bits per heavy atom. The molecule has 2 aliphatic heterocycles. The summed E-state index contributed by atoms with van der Waals surface area (Å²) in [5.74, 6) is -0.135. The van der Waals surface area contributed by atoms with Gasteiger partial charge in [0.15, 0.2) is 6.29 Å². The van der Waals surface area contributed by atoms with Gasteiger partial charge < -0.3 is 30.8 Å². The van der Waals surface area contributed by atoms with Crippen LogP contribution in [-0.2, 0) is 14.1 Å². The molecular weight excluding hydrogens is 285 g/mol. The molecule has 4 atom stereocenters. The van der Waals surface area contributed by atoms with E-state index in [4.69, 9.17) is 20.8 Å². The van der Waals surface area contributed by atoms with Crippen LogP contribution in [0.4, 0.5) is 0 Å². The van der Waals surface area contributed by atoms with Crippen LogP contribution in [0.5, 0.6) is 0 Å². The van der Waals surface area contributed by atoms with Crippen LogP contribution in [0.1, 0.15) is 33.6 Å². The fourth-order valence-corrected chi connectivity index (χ4v) is 3.33. The predicted octanol–water partition coefficient (Wildman–Crippen LogP) is -0.468. The first-order chi connectivity index (χ1) is 10.2. The zero-order valence-corrected chi connectivity index (χ0v) is 13.7.